The number of hydrogen-bond acceptors (Lipinski definition) is 4. The third-order valence-electron chi connectivity index (χ3n) is 2.51. The summed E-state index contributed by atoms with van der Waals surface area (Å²) >= 11 is 1.51. The first kappa shape index (κ1) is 12.6. The normalized spacial score (nSPS) is 10.3. The third-order valence-corrected chi connectivity index (χ3v) is 3.71. The Morgan fingerprint density at radius 1 is 1.33 bits per heavy atom. The minimum absolute atomic E-state index is 0.0429. The summed E-state index contributed by atoms with van der Waals surface area (Å²) in [4.78, 5) is 1.89. The first-order valence-electron chi connectivity index (χ1n) is 5.36. The van der Waals surface area contributed by atoms with E-state index in [1.807, 2.05) is 19.1 Å². The van der Waals surface area contributed by atoms with Gasteiger partial charge in [-0.25, -0.2) is 0 Å². The van der Waals surface area contributed by atoms with Crippen molar-refractivity contribution >= 4 is 17.6 Å². The van der Waals surface area contributed by atoms with Crippen LogP contribution < -0.4 is 10.5 Å². The Morgan fingerprint density at radius 2 is 2.11 bits per heavy atom. The maximum atomic E-state index is 7.59. The molecule has 0 aliphatic rings. The molecule has 4 nitrogen and oxygen atoms in total. The number of methoxy groups -OCH3 is 1. The molecule has 0 aliphatic heterocycles. The second-order valence-corrected chi connectivity index (χ2v) is 4.80. The summed E-state index contributed by atoms with van der Waals surface area (Å²) in [7, 11) is 1.61. The van der Waals surface area contributed by atoms with E-state index >= 15 is 0 Å². The van der Waals surface area contributed by atoms with Gasteiger partial charge in [-0.1, -0.05) is 11.8 Å². The van der Waals surface area contributed by atoms with Crippen LogP contribution in [0, 0.1) is 12.3 Å². The van der Waals surface area contributed by atoms with E-state index < -0.39 is 0 Å². The molecule has 0 saturated heterocycles. The predicted octanol–water partition coefficient (Wildman–Crippen LogP) is 3.03. The Bertz CT molecular complexity index is 578. The fraction of sp³-hybridized carbons (Fsp3) is 0.154. The fourth-order valence-corrected chi connectivity index (χ4v) is 2.55. The molecule has 0 saturated carbocycles. The lowest BCUT2D eigenvalue weighted by molar-refractivity contribution is 0.413. The van der Waals surface area contributed by atoms with Crippen LogP contribution in [0.25, 0.3) is 0 Å². The smallest absolute Gasteiger partial charge is 0.123 e. The molecule has 1 aromatic heterocycles. The Morgan fingerprint density at radius 3 is 2.67 bits per heavy atom. The molecule has 0 radical (unpaired) electrons. The summed E-state index contributed by atoms with van der Waals surface area (Å²) in [6.45, 7) is 1.90. The quantitative estimate of drug-likeness (QED) is 0.656. The van der Waals surface area contributed by atoms with Gasteiger partial charge in [-0.3, -0.25) is 5.41 Å². The molecule has 2 aromatic rings. The Kier molecular flexibility index (Phi) is 3.62. The number of nitrogens with one attached hydrogen (secondary N) is 1. The zero-order valence-corrected chi connectivity index (χ0v) is 11.0. The van der Waals surface area contributed by atoms with Gasteiger partial charge in [0.15, 0.2) is 0 Å². The number of rotatable bonds is 4. The zero-order valence-electron chi connectivity index (χ0n) is 10.2. The maximum absolute atomic E-state index is 7.59. The summed E-state index contributed by atoms with van der Waals surface area (Å²) in [6.07, 6.45) is 1.64. The van der Waals surface area contributed by atoms with Gasteiger partial charge in [0.05, 0.1) is 18.3 Å². The molecule has 0 spiro atoms. The van der Waals surface area contributed by atoms with E-state index in [1.165, 1.54) is 11.8 Å². The molecule has 2 rings (SSSR count). The van der Waals surface area contributed by atoms with Gasteiger partial charge >= 0.3 is 0 Å². The van der Waals surface area contributed by atoms with Crippen LogP contribution in [0.3, 0.4) is 0 Å². The van der Waals surface area contributed by atoms with Crippen molar-refractivity contribution < 1.29 is 9.15 Å². The summed E-state index contributed by atoms with van der Waals surface area (Å²) in [5, 5.41) is 7.59. The predicted molar refractivity (Wildman–Crippen MR) is 71.6 cm³/mol. The van der Waals surface area contributed by atoms with Gasteiger partial charge in [-0.2, -0.15) is 0 Å². The first-order valence-corrected chi connectivity index (χ1v) is 6.18. The highest BCUT2D eigenvalue weighted by atomic mass is 32.2. The van der Waals surface area contributed by atoms with Gasteiger partial charge in [0.25, 0.3) is 0 Å². The van der Waals surface area contributed by atoms with Gasteiger partial charge in [0.1, 0.15) is 17.3 Å². The van der Waals surface area contributed by atoms with Gasteiger partial charge in [0, 0.05) is 10.5 Å². The second kappa shape index (κ2) is 5.18. The molecular weight excluding hydrogens is 248 g/mol. The summed E-state index contributed by atoms with van der Waals surface area (Å²) < 4.78 is 10.4. The minimum Gasteiger partial charge on any atom is -0.497 e. The van der Waals surface area contributed by atoms with E-state index in [1.54, 1.807) is 25.5 Å². The van der Waals surface area contributed by atoms with Crippen molar-refractivity contribution in [1.29, 1.82) is 5.41 Å². The molecular formula is C13H14N2O2S. The van der Waals surface area contributed by atoms with E-state index in [2.05, 4.69) is 0 Å². The number of benzene rings is 1. The van der Waals surface area contributed by atoms with Crippen molar-refractivity contribution in [3.63, 3.8) is 0 Å². The van der Waals surface area contributed by atoms with Crippen LogP contribution >= 0.6 is 11.8 Å². The van der Waals surface area contributed by atoms with Crippen molar-refractivity contribution in [2.75, 3.05) is 7.11 Å². The molecule has 18 heavy (non-hydrogen) atoms. The Labute approximate surface area is 110 Å². The van der Waals surface area contributed by atoms with Crippen molar-refractivity contribution in [3.8, 4) is 5.75 Å². The Hall–Kier alpha value is -1.88. The zero-order chi connectivity index (χ0) is 13.1. The highest BCUT2D eigenvalue weighted by Gasteiger charge is 2.11. The lowest BCUT2D eigenvalue weighted by Gasteiger charge is -2.09. The van der Waals surface area contributed by atoms with Crippen LogP contribution in [0.15, 0.2) is 44.7 Å². The van der Waals surface area contributed by atoms with Crippen molar-refractivity contribution in [3.05, 3.63) is 41.9 Å². The number of aryl methyl sites for hydroxylation is 1. The van der Waals surface area contributed by atoms with E-state index in [-0.39, 0.29) is 5.84 Å². The van der Waals surface area contributed by atoms with Gasteiger partial charge in [-0.15, -0.1) is 0 Å². The topological polar surface area (TPSA) is 72.2 Å². The average Bonchev–Trinajstić information content (AvgIpc) is 2.74. The molecule has 0 amide bonds. The molecule has 0 bridgehead atoms. The largest absolute Gasteiger partial charge is 0.497 e. The minimum atomic E-state index is 0.0429. The molecule has 0 fully saturated rings. The van der Waals surface area contributed by atoms with E-state index in [4.69, 9.17) is 20.3 Å². The molecule has 0 atom stereocenters. The van der Waals surface area contributed by atoms with Crippen LogP contribution in [-0.2, 0) is 0 Å². The Balaban J connectivity index is 2.41. The number of amidine groups is 1. The van der Waals surface area contributed by atoms with E-state index in [0.717, 1.165) is 21.3 Å². The first-order chi connectivity index (χ1) is 8.61. The summed E-state index contributed by atoms with van der Waals surface area (Å²) in [5.41, 5.74) is 6.27. The van der Waals surface area contributed by atoms with Crippen molar-refractivity contribution in [2.45, 2.75) is 16.7 Å². The lowest BCUT2D eigenvalue weighted by atomic mass is 10.2. The fourth-order valence-electron chi connectivity index (χ4n) is 1.53. The number of ether oxygens (including phenoxy) is 1. The molecule has 0 unspecified atom stereocenters. The average molecular weight is 262 g/mol. The standard InChI is InChI=1S/C13H14N2O2S/c1-8-11(5-6-17-8)18-12-7-9(16-2)3-4-10(12)13(14)15/h3-7H,1-2H3,(H3,14,15). The van der Waals surface area contributed by atoms with Crippen molar-refractivity contribution in [2.24, 2.45) is 5.73 Å². The number of furan rings is 1. The van der Waals surface area contributed by atoms with Crippen LogP contribution in [0.2, 0.25) is 0 Å². The SMILES string of the molecule is COc1ccc(C(=N)N)c(Sc2ccoc2C)c1. The van der Waals surface area contributed by atoms with E-state index in [0.29, 0.717) is 5.56 Å². The summed E-state index contributed by atoms with van der Waals surface area (Å²) in [6, 6.07) is 7.35. The molecule has 3 N–H and O–H groups in total. The maximum Gasteiger partial charge on any atom is 0.123 e. The van der Waals surface area contributed by atoms with Crippen LogP contribution in [-0.4, -0.2) is 12.9 Å². The van der Waals surface area contributed by atoms with Crippen molar-refractivity contribution in [1.82, 2.24) is 0 Å². The number of nitrogen functional groups attached to an aromatic ring is 1. The lowest BCUT2D eigenvalue weighted by Crippen LogP contribution is -2.12. The summed E-state index contributed by atoms with van der Waals surface area (Å²) in [5.74, 6) is 1.63. The third kappa shape index (κ3) is 2.51. The van der Waals surface area contributed by atoms with Crippen LogP contribution in [0.5, 0.6) is 5.75 Å². The van der Waals surface area contributed by atoms with E-state index in [9.17, 15) is 0 Å². The van der Waals surface area contributed by atoms with Crippen LogP contribution in [0.4, 0.5) is 0 Å². The number of hydrogen-bond donors (Lipinski definition) is 2. The monoisotopic (exact) mass is 262 g/mol. The highest BCUT2D eigenvalue weighted by Crippen LogP contribution is 2.35. The molecule has 0 aliphatic carbocycles. The van der Waals surface area contributed by atoms with Crippen LogP contribution in [0.1, 0.15) is 11.3 Å². The van der Waals surface area contributed by atoms with Gasteiger partial charge in [-0.05, 0) is 31.2 Å². The van der Waals surface area contributed by atoms with Gasteiger partial charge in [0.2, 0.25) is 0 Å². The molecule has 94 valence electrons. The second-order valence-electron chi connectivity index (χ2n) is 3.72. The molecule has 1 aromatic carbocycles. The molecule has 5 heteroatoms. The molecule has 1 heterocycles. The highest BCUT2D eigenvalue weighted by molar-refractivity contribution is 7.99. The van der Waals surface area contributed by atoms with Gasteiger partial charge < -0.3 is 14.9 Å². The number of nitrogens with two attached hydrogens (primary N) is 1.